The summed E-state index contributed by atoms with van der Waals surface area (Å²) >= 11 is 0. The van der Waals surface area contributed by atoms with E-state index in [4.69, 9.17) is 9.47 Å². The minimum atomic E-state index is -2.82. The number of halogens is 3. The van der Waals surface area contributed by atoms with Crippen LogP contribution in [-0.4, -0.2) is 43.7 Å². The molecule has 2 saturated heterocycles. The summed E-state index contributed by atoms with van der Waals surface area (Å²) in [6.45, 7) is 2.99. The molecule has 0 saturated carbocycles. The van der Waals surface area contributed by atoms with E-state index in [1.54, 1.807) is 0 Å². The van der Waals surface area contributed by atoms with Crippen LogP contribution in [-0.2, 0) is 16.1 Å². The maximum atomic E-state index is 13.2. The second-order valence-electron chi connectivity index (χ2n) is 6.77. The molecule has 1 aromatic carbocycles. The average molecular weight is 391 g/mol. The van der Waals surface area contributed by atoms with Gasteiger partial charge in [-0.2, -0.15) is 0 Å². The standard InChI is InChI=1S/C18H24F2N2O3.ClH/c1-12-4-5-13(16(7-12)25-10-14-3-2-6-24-14)9-21-17(23)15-8-18(19,20)11-22-15;/h4-5,7,14-15,22H,2-3,6,8-11H2,1H3,(H,21,23);1H. The van der Waals surface area contributed by atoms with E-state index in [-0.39, 0.29) is 25.1 Å². The number of carbonyl (C=O) groups excluding carboxylic acids is 1. The zero-order chi connectivity index (χ0) is 17.9. The van der Waals surface area contributed by atoms with Gasteiger partial charge in [0.1, 0.15) is 12.4 Å². The molecule has 2 aliphatic heterocycles. The van der Waals surface area contributed by atoms with Gasteiger partial charge in [-0.15, -0.1) is 12.4 Å². The molecule has 0 bridgehead atoms. The number of ether oxygens (including phenoxy) is 2. The van der Waals surface area contributed by atoms with E-state index >= 15 is 0 Å². The molecule has 0 aliphatic carbocycles. The Balaban J connectivity index is 0.00000243. The summed E-state index contributed by atoms with van der Waals surface area (Å²) < 4.78 is 37.8. The van der Waals surface area contributed by atoms with Crippen molar-refractivity contribution in [3.05, 3.63) is 29.3 Å². The van der Waals surface area contributed by atoms with Gasteiger partial charge >= 0.3 is 0 Å². The molecule has 3 rings (SSSR count). The lowest BCUT2D eigenvalue weighted by Gasteiger charge is -2.17. The minimum Gasteiger partial charge on any atom is -0.491 e. The van der Waals surface area contributed by atoms with E-state index in [9.17, 15) is 13.6 Å². The van der Waals surface area contributed by atoms with Gasteiger partial charge in [-0.25, -0.2) is 8.78 Å². The van der Waals surface area contributed by atoms with Gasteiger partial charge in [-0.05, 0) is 31.4 Å². The van der Waals surface area contributed by atoms with E-state index in [0.29, 0.717) is 12.4 Å². The van der Waals surface area contributed by atoms with Crippen molar-refractivity contribution < 1.29 is 23.0 Å². The normalized spacial score (nSPS) is 24.1. The molecule has 2 unspecified atom stereocenters. The van der Waals surface area contributed by atoms with Gasteiger partial charge < -0.3 is 14.8 Å². The third-order valence-electron chi connectivity index (χ3n) is 4.55. The van der Waals surface area contributed by atoms with E-state index in [1.165, 1.54) is 0 Å². The van der Waals surface area contributed by atoms with Gasteiger partial charge in [0.2, 0.25) is 5.91 Å². The van der Waals surface area contributed by atoms with Crippen LogP contribution in [0.1, 0.15) is 30.4 Å². The minimum absolute atomic E-state index is 0. The Kier molecular flexibility index (Phi) is 7.20. The topological polar surface area (TPSA) is 59.6 Å². The van der Waals surface area contributed by atoms with Crippen molar-refractivity contribution in [2.24, 2.45) is 0 Å². The quantitative estimate of drug-likeness (QED) is 0.783. The van der Waals surface area contributed by atoms with Gasteiger partial charge in [0.25, 0.3) is 5.92 Å². The third kappa shape index (κ3) is 5.53. The Hall–Kier alpha value is -1.44. The second kappa shape index (κ2) is 8.97. The zero-order valence-corrected chi connectivity index (χ0v) is 15.5. The molecule has 2 aliphatic rings. The van der Waals surface area contributed by atoms with Gasteiger partial charge in [-0.3, -0.25) is 10.1 Å². The van der Waals surface area contributed by atoms with Gasteiger partial charge in [0.05, 0.1) is 18.7 Å². The van der Waals surface area contributed by atoms with Crippen LogP contribution in [0.3, 0.4) is 0 Å². The highest BCUT2D eigenvalue weighted by Gasteiger charge is 2.42. The molecule has 5 nitrogen and oxygen atoms in total. The number of hydrogen-bond donors (Lipinski definition) is 2. The fourth-order valence-electron chi connectivity index (χ4n) is 3.11. The summed E-state index contributed by atoms with van der Waals surface area (Å²) in [6, 6.07) is 4.88. The van der Waals surface area contributed by atoms with Crippen LogP contribution in [0, 0.1) is 6.92 Å². The summed E-state index contributed by atoms with van der Waals surface area (Å²) in [5.74, 6) is -2.54. The van der Waals surface area contributed by atoms with Crippen LogP contribution in [0.15, 0.2) is 18.2 Å². The first-order valence-electron chi connectivity index (χ1n) is 8.66. The summed E-state index contributed by atoms with van der Waals surface area (Å²) in [5, 5.41) is 5.28. The van der Waals surface area contributed by atoms with Crippen molar-refractivity contribution in [2.45, 2.75) is 50.8 Å². The monoisotopic (exact) mass is 390 g/mol. The lowest BCUT2D eigenvalue weighted by molar-refractivity contribution is -0.123. The van der Waals surface area contributed by atoms with Crippen molar-refractivity contribution in [1.82, 2.24) is 10.6 Å². The number of alkyl halides is 2. The summed E-state index contributed by atoms with van der Waals surface area (Å²) in [6.07, 6.45) is 1.67. The molecule has 0 radical (unpaired) electrons. The molecule has 0 spiro atoms. The molecule has 2 N–H and O–H groups in total. The van der Waals surface area contributed by atoms with Crippen molar-refractivity contribution in [3.8, 4) is 5.75 Å². The number of hydrogen-bond acceptors (Lipinski definition) is 4. The van der Waals surface area contributed by atoms with Crippen LogP contribution >= 0.6 is 12.4 Å². The van der Waals surface area contributed by atoms with Crippen molar-refractivity contribution in [3.63, 3.8) is 0 Å². The van der Waals surface area contributed by atoms with Crippen LogP contribution in [0.25, 0.3) is 0 Å². The predicted molar refractivity (Wildman–Crippen MR) is 96.1 cm³/mol. The fourth-order valence-corrected chi connectivity index (χ4v) is 3.11. The maximum absolute atomic E-state index is 13.2. The molecule has 8 heteroatoms. The van der Waals surface area contributed by atoms with E-state index in [1.807, 2.05) is 25.1 Å². The first-order valence-corrected chi connectivity index (χ1v) is 8.66. The second-order valence-corrected chi connectivity index (χ2v) is 6.77. The number of nitrogens with one attached hydrogen (secondary N) is 2. The average Bonchev–Trinajstić information content (AvgIpc) is 3.21. The molecule has 146 valence electrons. The molecule has 2 heterocycles. The summed E-state index contributed by atoms with van der Waals surface area (Å²) in [7, 11) is 0. The molecule has 2 atom stereocenters. The van der Waals surface area contributed by atoms with Gasteiger partial charge in [0.15, 0.2) is 0 Å². The Labute approximate surface area is 158 Å². The fraction of sp³-hybridized carbons (Fsp3) is 0.611. The lowest BCUT2D eigenvalue weighted by atomic mass is 10.1. The lowest BCUT2D eigenvalue weighted by Crippen LogP contribution is -2.40. The van der Waals surface area contributed by atoms with E-state index in [0.717, 1.165) is 30.6 Å². The van der Waals surface area contributed by atoms with Gasteiger partial charge in [0, 0.05) is 25.1 Å². The number of benzene rings is 1. The molecule has 2 fully saturated rings. The van der Waals surface area contributed by atoms with Gasteiger partial charge in [-0.1, -0.05) is 12.1 Å². The Bertz CT molecular complexity index is 624. The largest absolute Gasteiger partial charge is 0.491 e. The molecule has 1 aromatic rings. The smallest absolute Gasteiger partial charge is 0.262 e. The van der Waals surface area contributed by atoms with E-state index < -0.39 is 30.8 Å². The van der Waals surface area contributed by atoms with Crippen LogP contribution in [0.5, 0.6) is 5.75 Å². The zero-order valence-electron chi connectivity index (χ0n) is 14.7. The predicted octanol–water partition coefficient (Wildman–Crippen LogP) is 2.59. The van der Waals surface area contributed by atoms with E-state index in [2.05, 4.69) is 10.6 Å². The SMILES string of the molecule is Cc1ccc(CNC(=O)C2CC(F)(F)CN2)c(OCC2CCCO2)c1.Cl. The Morgan fingerprint density at radius 1 is 1.46 bits per heavy atom. The molecular formula is C18H25ClF2N2O3. The molecule has 1 amide bonds. The molecule has 0 aromatic heterocycles. The Morgan fingerprint density at radius 3 is 2.92 bits per heavy atom. The maximum Gasteiger partial charge on any atom is 0.262 e. The molecule has 26 heavy (non-hydrogen) atoms. The number of amides is 1. The highest BCUT2D eigenvalue weighted by atomic mass is 35.5. The summed E-state index contributed by atoms with van der Waals surface area (Å²) in [5.41, 5.74) is 1.87. The van der Waals surface area contributed by atoms with Crippen molar-refractivity contribution in [2.75, 3.05) is 19.8 Å². The molecular weight excluding hydrogens is 366 g/mol. The van der Waals surface area contributed by atoms with Crippen molar-refractivity contribution in [1.29, 1.82) is 0 Å². The first kappa shape index (κ1) is 20.9. The van der Waals surface area contributed by atoms with Crippen LogP contribution < -0.4 is 15.4 Å². The van der Waals surface area contributed by atoms with Crippen molar-refractivity contribution >= 4 is 18.3 Å². The first-order chi connectivity index (χ1) is 11.9. The number of rotatable bonds is 6. The van der Waals surface area contributed by atoms with Crippen LogP contribution in [0.2, 0.25) is 0 Å². The highest BCUT2D eigenvalue weighted by Crippen LogP contribution is 2.26. The van der Waals surface area contributed by atoms with Crippen LogP contribution in [0.4, 0.5) is 8.78 Å². The summed E-state index contributed by atoms with van der Waals surface area (Å²) in [4.78, 5) is 12.1. The Morgan fingerprint density at radius 2 is 2.27 bits per heavy atom. The third-order valence-corrected chi connectivity index (χ3v) is 4.55. The number of carbonyl (C=O) groups is 1. The number of aryl methyl sites for hydroxylation is 1. The highest BCUT2D eigenvalue weighted by molar-refractivity contribution is 5.85.